The maximum atomic E-state index is 12.0. The van der Waals surface area contributed by atoms with Crippen LogP contribution in [0.4, 0.5) is 16.2 Å². The van der Waals surface area contributed by atoms with Gasteiger partial charge in [-0.2, -0.15) is 0 Å². The van der Waals surface area contributed by atoms with Crippen molar-refractivity contribution in [3.8, 4) is 11.5 Å². The Morgan fingerprint density at radius 1 is 1.12 bits per heavy atom. The van der Waals surface area contributed by atoms with Crippen molar-refractivity contribution in [2.45, 2.75) is 25.7 Å². The van der Waals surface area contributed by atoms with Crippen LogP contribution in [0.15, 0.2) is 42.5 Å². The molecule has 0 bridgehead atoms. The number of amides is 2. The quantitative estimate of drug-likeness (QED) is 0.888. The van der Waals surface area contributed by atoms with Gasteiger partial charge in [0, 0.05) is 23.2 Å². The predicted molar refractivity (Wildman–Crippen MR) is 95.4 cm³/mol. The fourth-order valence-electron chi connectivity index (χ4n) is 2.90. The molecule has 2 amide bonds. The minimum Gasteiger partial charge on any atom is -0.497 e. The molecule has 0 saturated carbocycles. The van der Waals surface area contributed by atoms with Crippen LogP contribution in [0.3, 0.4) is 0 Å². The number of carbonyl (C=O) groups excluding carboxylic acids is 2. The first kappa shape index (κ1) is 16.8. The Morgan fingerprint density at radius 3 is 2.48 bits per heavy atom. The molecule has 0 unspecified atom stereocenters. The number of ether oxygens (including phenoxy) is 2. The van der Waals surface area contributed by atoms with Crippen LogP contribution in [-0.2, 0) is 10.2 Å². The second-order valence-corrected chi connectivity index (χ2v) is 6.56. The summed E-state index contributed by atoms with van der Waals surface area (Å²) in [6.07, 6.45) is -0.168. The van der Waals surface area contributed by atoms with Crippen molar-refractivity contribution in [2.75, 3.05) is 17.7 Å². The van der Waals surface area contributed by atoms with Crippen LogP contribution in [0.5, 0.6) is 11.5 Å². The van der Waals surface area contributed by atoms with E-state index >= 15 is 0 Å². The molecule has 1 aliphatic rings. The average Bonchev–Trinajstić information content (AvgIpc) is 2.54. The number of fused-ring (bicyclic) bond motifs is 1. The summed E-state index contributed by atoms with van der Waals surface area (Å²) in [6.45, 7) is 4.05. The highest BCUT2D eigenvalue weighted by Gasteiger charge is 2.31. The lowest BCUT2D eigenvalue weighted by Gasteiger charge is -2.32. The Morgan fingerprint density at radius 2 is 1.80 bits per heavy atom. The van der Waals surface area contributed by atoms with Gasteiger partial charge in [0.05, 0.1) is 7.11 Å². The average molecular weight is 340 g/mol. The summed E-state index contributed by atoms with van der Waals surface area (Å²) >= 11 is 0. The van der Waals surface area contributed by atoms with Gasteiger partial charge in [0.1, 0.15) is 11.5 Å². The molecule has 3 rings (SSSR count). The van der Waals surface area contributed by atoms with Crippen LogP contribution in [0, 0.1) is 0 Å². The summed E-state index contributed by atoms with van der Waals surface area (Å²) in [5, 5.41) is 5.51. The third-order valence-corrected chi connectivity index (χ3v) is 4.14. The first-order chi connectivity index (χ1) is 11.9. The lowest BCUT2D eigenvalue weighted by molar-refractivity contribution is -0.117. The highest BCUT2D eigenvalue weighted by Crippen LogP contribution is 2.38. The van der Waals surface area contributed by atoms with Crippen molar-refractivity contribution < 1.29 is 19.1 Å². The van der Waals surface area contributed by atoms with Gasteiger partial charge in [0.2, 0.25) is 5.91 Å². The van der Waals surface area contributed by atoms with E-state index in [0.29, 0.717) is 29.3 Å². The summed E-state index contributed by atoms with van der Waals surface area (Å²) in [6, 6.07) is 12.2. The van der Waals surface area contributed by atoms with E-state index in [4.69, 9.17) is 9.47 Å². The van der Waals surface area contributed by atoms with Crippen LogP contribution in [0.1, 0.15) is 25.8 Å². The molecule has 2 aromatic rings. The minimum atomic E-state index is -0.605. The second kappa shape index (κ2) is 6.47. The van der Waals surface area contributed by atoms with Crippen molar-refractivity contribution in [1.82, 2.24) is 0 Å². The van der Waals surface area contributed by atoms with Gasteiger partial charge in [-0.25, -0.2) is 4.79 Å². The molecule has 0 aliphatic carbocycles. The van der Waals surface area contributed by atoms with Gasteiger partial charge in [0.25, 0.3) is 0 Å². The number of hydrogen-bond donors (Lipinski definition) is 2. The highest BCUT2D eigenvalue weighted by molar-refractivity contribution is 5.97. The summed E-state index contributed by atoms with van der Waals surface area (Å²) in [4.78, 5) is 23.9. The van der Waals surface area contributed by atoms with Crippen molar-refractivity contribution in [3.63, 3.8) is 0 Å². The third-order valence-electron chi connectivity index (χ3n) is 4.14. The Labute approximate surface area is 146 Å². The zero-order valence-corrected chi connectivity index (χ0v) is 14.4. The molecule has 1 heterocycles. The maximum Gasteiger partial charge on any atom is 0.417 e. The van der Waals surface area contributed by atoms with Gasteiger partial charge in [-0.05, 0) is 42.0 Å². The number of hydrogen-bond acceptors (Lipinski definition) is 4. The van der Waals surface area contributed by atoms with Gasteiger partial charge >= 0.3 is 6.09 Å². The van der Waals surface area contributed by atoms with Crippen LogP contribution in [0.25, 0.3) is 0 Å². The van der Waals surface area contributed by atoms with E-state index in [0.717, 1.165) is 5.56 Å². The SMILES string of the molecule is COc1ccc(OC(=O)Nc2ccc3c(c2)NC(=O)CC3(C)C)cc1. The number of carbonyl (C=O) groups is 2. The lowest BCUT2D eigenvalue weighted by atomic mass is 9.78. The molecule has 0 atom stereocenters. The summed E-state index contributed by atoms with van der Waals surface area (Å²) in [5.74, 6) is 1.06. The molecule has 2 N–H and O–H groups in total. The summed E-state index contributed by atoms with van der Waals surface area (Å²) in [7, 11) is 1.57. The molecule has 130 valence electrons. The zero-order chi connectivity index (χ0) is 18.0. The lowest BCUT2D eigenvalue weighted by Crippen LogP contribution is -2.32. The molecule has 1 aliphatic heterocycles. The van der Waals surface area contributed by atoms with Crippen molar-refractivity contribution in [2.24, 2.45) is 0 Å². The monoisotopic (exact) mass is 340 g/mol. The topological polar surface area (TPSA) is 76.7 Å². The van der Waals surface area contributed by atoms with E-state index < -0.39 is 6.09 Å². The fraction of sp³-hybridized carbons (Fsp3) is 0.263. The van der Waals surface area contributed by atoms with E-state index in [1.807, 2.05) is 19.9 Å². The van der Waals surface area contributed by atoms with Gasteiger partial charge in [-0.1, -0.05) is 19.9 Å². The normalized spacial score (nSPS) is 14.9. The predicted octanol–water partition coefficient (Wildman–Crippen LogP) is 3.93. The molecular formula is C19H20N2O4. The largest absolute Gasteiger partial charge is 0.497 e. The first-order valence-corrected chi connectivity index (χ1v) is 7.95. The van der Waals surface area contributed by atoms with Crippen LogP contribution in [-0.4, -0.2) is 19.1 Å². The molecule has 25 heavy (non-hydrogen) atoms. The number of benzene rings is 2. The van der Waals surface area contributed by atoms with Gasteiger partial charge in [-0.15, -0.1) is 0 Å². The van der Waals surface area contributed by atoms with Crippen molar-refractivity contribution in [1.29, 1.82) is 0 Å². The van der Waals surface area contributed by atoms with Gasteiger partial charge in [0.15, 0.2) is 0 Å². The standard InChI is InChI=1S/C19H20N2O4/c1-19(2)11-17(22)21-16-10-12(4-9-15(16)19)20-18(23)25-14-7-5-13(24-3)6-8-14/h4-10H,11H2,1-3H3,(H,20,23)(H,21,22). The first-order valence-electron chi connectivity index (χ1n) is 7.95. The Bertz CT molecular complexity index is 813. The minimum absolute atomic E-state index is 0.0320. The van der Waals surface area contributed by atoms with E-state index in [9.17, 15) is 9.59 Å². The van der Waals surface area contributed by atoms with Crippen LogP contribution in [0.2, 0.25) is 0 Å². The molecule has 0 aromatic heterocycles. The number of rotatable bonds is 3. The van der Waals surface area contributed by atoms with E-state index in [1.165, 1.54) is 0 Å². The third kappa shape index (κ3) is 3.74. The van der Waals surface area contributed by atoms with E-state index in [1.54, 1.807) is 43.5 Å². The molecule has 6 nitrogen and oxygen atoms in total. The molecule has 2 aromatic carbocycles. The summed E-state index contributed by atoms with van der Waals surface area (Å²) < 4.78 is 10.3. The van der Waals surface area contributed by atoms with Gasteiger partial charge < -0.3 is 14.8 Å². The Hall–Kier alpha value is -3.02. The molecular weight excluding hydrogens is 320 g/mol. The second-order valence-electron chi connectivity index (χ2n) is 6.56. The molecule has 0 radical (unpaired) electrons. The molecule has 0 spiro atoms. The molecule has 6 heteroatoms. The molecule has 0 fully saturated rings. The smallest absolute Gasteiger partial charge is 0.417 e. The Kier molecular flexibility index (Phi) is 4.35. The van der Waals surface area contributed by atoms with E-state index in [2.05, 4.69) is 10.6 Å². The van der Waals surface area contributed by atoms with Crippen molar-refractivity contribution in [3.05, 3.63) is 48.0 Å². The fourth-order valence-corrected chi connectivity index (χ4v) is 2.90. The van der Waals surface area contributed by atoms with E-state index in [-0.39, 0.29) is 11.3 Å². The Balaban J connectivity index is 1.71. The number of nitrogens with one attached hydrogen (secondary N) is 2. The number of methoxy groups -OCH3 is 1. The number of anilines is 2. The van der Waals surface area contributed by atoms with Gasteiger partial charge in [-0.3, -0.25) is 10.1 Å². The van der Waals surface area contributed by atoms with Crippen molar-refractivity contribution >= 4 is 23.4 Å². The summed E-state index contributed by atoms with van der Waals surface area (Å²) in [5.41, 5.74) is 2.07. The maximum absolute atomic E-state index is 12.0. The van der Waals surface area contributed by atoms with Crippen LogP contribution >= 0.6 is 0 Å². The zero-order valence-electron chi connectivity index (χ0n) is 14.4. The highest BCUT2D eigenvalue weighted by atomic mass is 16.6. The van der Waals surface area contributed by atoms with Crippen LogP contribution < -0.4 is 20.1 Å². The molecule has 0 saturated heterocycles.